The van der Waals surface area contributed by atoms with Gasteiger partial charge in [0.1, 0.15) is 0 Å². The highest BCUT2D eigenvalue weighted by Crippen LogP contribution is 2.21. The van der Waals surface area contributed by atoms with Gasteiger partial charge >= 0.3 is 0 Å². The third kappa shape index (κ3) is 3.68. The van der Waals surface area contributed by atoms with Crippen molar-refractivity contribution < 1.29 is 9.53 Å². The second kappa shape index (κ2) is 6.20. The molecule has 4 unspecified atom stereocenters. The van der Waals surface area contributed by atoms with E-state index in [2.05, 4.69) is 18.7 Å². The molecule has 2 N–H and O–H groups in total. The summed E-state index contributed by atoms with van der Waals surface area (Å²) in [6.45, 7) is 9.74. The lowest BCUT2D eigenvalue weighted by Crippen LogP contribution is -2.52. The van der Waals surface area contributed by atoms with Gasteiger partial charge in [0, 0.05) is 32.2 Å². The zero-order valence-electron chi connectivity index (χ0n) is 12.3. The Bertz CT molecular complexity index is 312. The number of amides is 1. The van der Waals surface area contributed by atoms with E-state index >= 15 is 0 Å². The van der Waals surface area contributed by atoms with Gasteiger partial charge in [-0.2, -0.15) is 0 Å². The minimum atomic E-state index is -0.386. The lowest BCUT2D eigenvalue weighted by Gasteiger charge is -2.38. The van der Waals surface area contributed by atoms with E-state index in [4.69, 9.17) is 10.5 Å². The molecule has 2 fully saturated rings. The molecule has 4 atom stereocenters. The summed E-state index contributed by atoms with van der Waals surface area (Å²) in [5.74, 6) is 0.0943. The maximum atomic E-state index is 12.1. The van der Waals surface area contributed by atoms with Crippen LogP contribution in [0.1, 0.15) is 33.6 Å². The van der Waals surface area contributed by atoms with E-state index in [9.17, 15) is 4.79 Å². The van der Waals surface area contributed by atoms with Crippen LogP contribution in [0.4, 0.5) is 0 Å². The maximum absolute atomic E-state index is 12.1. The smallest absolute Gasteiger partial charge is 0.239 e. The molecule has 0 saturated carbocycles. The van der Waals surface area contributed by atoms with Crippen molar-refractivity contribution in [3.8, 4) is 0 Å². The number of carbonyl (C=O) groups is 1. The molecule has 110 valence electrons. The van der Waals surface area contributed by atoms with Crippen LogP contribution in [0.25, 0.3) is 0 Å². The average molecular weight is 269 g/mol. The van der Waals surface area contributed by atoms with Crippen LogP contribution in [0.2, 0.25) is 0 Å². The fraction of sp³-hybridized carbons (Fsp3) is 0.929. The molecule has 0 aromatic carbocycles. The van der Waals surface area contributed by atoms with Gasteiger partial charge in [0.05, 0.1) is 18.2 Å². The van der Waals surface area contributed by atoms with Crippen LogP contribution in [-0.4, -0.2) is 66.2 Å². The van der Waals surface area contributed by atoms with Crippen LogP contribution < -0.4 is 5.73 Å². The predicted molar refractivity (Wildman–Crippen MR) is 74.8 cm³/mol. The summed E-state index contributed by atoms with van der Waals surface area (Å²) in [4.78, 5) is 16.5. The summed E-state index contributed by atoms with van der Waals surface area (Å²) in [5.41, 5.74) is 5.73. The summed E-state index contributed by atoms with van der Waals surface area (Å²) in [6, 6.07) is -0.0564. The van der Waals surface area contributed by atoms with Gasteiger partial charge in [0.25, 0.3) is 0 Å². The van der Waals surface area contributed by atoms with Crippen LogP contribution in [0, 0.1) is 0 Å². The molecule has 0 bridgehead atoms. The van der Waals surface area contributed by atoms with Crippen molar-refractivity contribution in [3.63, 3.8) is 0 Å². The van der Waals surface area contributed by atoms with E-state index in [1.54, 1.807) is 6.92 Å². The van der Waals surface area contributed by atoms with E-state index in [0.29, 0.717) is 6.04 Å². The molecule has 19 heavy (non-hydrogen) atoms. The molecule has 5 heteroatoms. The third-order valence-corrected chi connectivity index (χ3v) is 4.01. The molecule has 2 aliphatic rings. The predicted octanol–water partition coefficient (Wildman–Crippen LogP) is 0.434. The molecule has 0 radical (unpaired) electrons. The molecular weight excluding hydrogens is 242 g/mol. The van der Waals surface area contributed by atoms with Crippen molar-refractivity contribution in [2.45, 2.75) is 57.9 Å². The zero-order valence-corrected chi connectivity index (χ0v) is 12.3. The summed E-state index contributed by atoms with van der Waals surface area (Å²) in [6.07, 6.45) is 2.75. The van der Waals surface area contributed by atoms with Gasteiger partial charge < -0.3 is 15.4 Å². The van der Waals surface area contributed by atoms with E-state index < -0.39 is 0 Å². The normalized spacial score (nSPS) is 34.5. The fourth-order valence-electron chi connectivity index (χ4n) is 3.31. The number of likely N-dealkylation sites (tertiary alicyclic amines) is 1. The first-order chi connectivity index (χ1) is 8.97. The quantitative estimate of drug-likeness (QED) is 0.807. The molecule has 0 aliphatic carbocycles. The zero-order chi connectivity index (χ0) is 14.0. The monoisotopic (exact) mass is 269 g/mol. The van der Waals surface area contributed by atoms with Crippen LogP contribution in [0.15, 0.2) is 0 Å². The lowest BCUT2D eigenvalue weighted by atomic mass is 10.1. The molecule has 2 saturated heterocycles. The second-order valence-corrected chi connectivity index (χ2v) is 6.09. The number of nitrogens with zero attached hydrogens (tertiary/aromatic N) is 2. The molecule has 2 aliphatic heterocycles. The number of carbonyl (C=O) groups excluding carboxylic acids is 1. The largest absolute Gasteiger partial charge is 0.373 e. The molecule has 0 aromatic heterocycles. The Hall–Kier alpha value is -0.650. The van der Waals surface area contributed by atoms with Crippen LogP contribution in [0.3, 0.4) is 0 Å². The first-order valence-corrected chi connectivity index (χ1v) is 7.41. The maximum Gasteiger partial charge on any atom is 0.239 e. The van der Waals surface area contributed by atoms with Gasteiger partial charge in [-0.05, 0) is 33.6 Å². The minimum absolute atomic E-state index is 0.0943. The standard InChI is InChI=1S/C14H27N3O2/c1-10-7-16(8-11(2)19-10)9-13-5-4-6-17(13)14(18)12(3)15/h10-13H,4-9,15H2,1-3H3. The van der Waals surface area contributed by atoms with E-state index in [1.165, 1.54) is 0 Å². The molecule has 0 aromatic rings. The van der Waals surface area contributed by atoms with Crippen LogP contribution in [-0.2, 0) is 9.53 Å². The number of ether oxygens (including phenoxy) is 1. The highest BCUT2D eigenvalue weighted by molar-refractivity contribution is 5.81. The minimum Gasteiger partial charge on any atom is -0.373 e. The average Bonchev–Trinajstić information content (AvgIpc) is 2.74. The molecular formula is C14H27N3O2. The number of morpholine rings is 1. The van der Waals surface area contributed by atoms with E-state index in [1.807, 2.05) is 4.90 Å². The van der Waals surface area contributed by atoms with Gasteiger partial charge in [-0.25, -0.2) is 0 Å². The Morgan fingerprint density at radius 3 is 2.58 bits per heavy atom. The van der Waals surface area contributed by atoms with Crippen molar-refractivity contribution >= 4 is 5.91 Å². The second-order valence-electron chi connectivity index (χ2n) is 6.09. The highest BCUT2D eigenvalue weighted by atomic mass is 16.5. The molecule has 2 rings (SSSR count). The van der Waals surface area contributed by atoms with E-state index in [-0.39, 0.29) is 24.2 Å². The van der Waals surface area contributed by atoms with Gasteiger partial charge in [-0.15, -0.1) is 0 Å². The van der Waals surface area contributed by atoms with Crippen molar-refractivity contribution in [2.24, 2.45) is 5.73 Å². The summed E-state index contributed by atoms with van der Waals surface area (Å²) in [5, 5.41) is 0. The lowest BCUT2D eigenvalue weighted by molar-refractivity contribution is -0.134. The Morgan fingerprint density at radius 1 is 1.37 bits per heavy atom. The molecule has 5 nitrogen and oxygen atoms in total. The van der Waals surface area contributed by atoms with Crippen LogP contribution >= 0.6 is 0 Å². The van der Waals surface area contributed by atoms with Gasteiger partial charge in [0.15, 0.2) is 0 Å². The topological polar surface area (TPSA) is 58.8 Å². The van der Waals surface area contributed by atoms with Gasteiger partial charge in [0.2, 0.25) is 5.91 Å². The van der Waals surface area contributed by atoms with Crippen molar-refractivity contribution in [1.29, 1.82) is 0 Å². The Labute approximate surface area is 116 Å². The third-order valence-electron chi connectivity index (χ3n) is 4.01. The Kier molecular flexibility index (Phi) is 4.81. The number of hydrogen-bond acceptors (Lipinski definition) is 4. The highest BCUT2D eigenvalue weighted by Gasteiger charge is 2.33. The number of nitrogens with two attached hydrogens (primary N) is 1. The summed E-state index contributed by atoms with van der Waals surface area (Å²) >= 11 is 0. The van der Waals surface area contributed by atoms with Gasteiger partial charge in [-0.1, -0.05) is 0 Å². The van der Waals surface area contributed by atoms with Crippen LogP contribution in [0.5, 0.6) is 0 Å². The first kappa shape index (κ1) is 14.8. The Morgan fingerprint density at radius 2 is 2.00 bits per heavy atom. The molecule has 1 amide bonds. The number of rotatable bonds is 3. The van der Waals surface area contributed by atoms with Crippen molar-refractivity contribution in [3.05, 3.63) is 0 Å². The SMILES string of the molecule is CC1CN(CC2CCCN2C(=O)C(C)N)CC(C)O1. The number of hydrogen-bond donors (Lipinski definition) is 1. The fourth-order valence-corrected chi connectivity index (χ4v) is 3.31. The van der Waals surface area contributed by atoms with E-state index in [0.717, 1.165) is 39.0 Å². The van der Waals surface area contributed by atoms with Crippen molar-refractivity contribution in [1.82, 2.24) is 9.80 Å². The van der Waals surface area contributed by atoms with Gasteiger partial charge in [-0.3, -0.25) is 9.69 Å². The molecule has 2 heterocycles. The summed E-state index contributed by atoms with van der Waals surface area (Å²) in [7, 11) is 0. The first-order valence-electron chi connectivity index (χ1n) is 7.41. The van der Waals surface area contributed by atoms with Crippen molar-refractivity contribution in [2.75, 3.05) is 26.2 Å². The summed E-state index contributed by atoms with van der Waals surface area (Å²) < 4.78 is 5.75. The molecule has 0 spiro atoms. The Balaban J connectivity index is 1.92.